The summed E-state index contributed by atoms with van der Waals surface area (Å²) < 4.78 is 20.3. The highest BCUT2D eigenvalue weighted by atomic mass is 79.9. The van der Waals surface area contributed by atoms with Crippen molar-refractivity contribution >= 4 is 26.8 Å². The second-order valence-corrected chi connectivity index (χ2v) is 6.68. The molecule has 24 heavy (non-hydrogen) atoms. The highest BCUT2D eigenvalue weighted by Crippen LogP contribution is 2.25. The van der Waals surface area contributed by atoms with Crippen molar-refractivity contribution < 1.29 is 9.13 Å². The second kappa shape index (κ2) is 7.28. The number of ether oxygens (including phenoxy) is 1. The van der Waals surface area contributed by atoms with Crippen molar-refractivity contribution in [2.45, 2.75) is 13.1 Å². The lowest BCUT2D eigenvalue weighted by atomic mass is 10.1. The van der Waals surface area contributed by atoms with Gasteiger partial charge in [-0.1, -0.05) is 22.0 Å². The molecule has 2 aromatic carbocycles. The van der Waals surface area contributed by atoms with E-state index in [0.717, 1.165) is 32.3 Å². The fraction of sp³-hybridized carbons (Fsp3) is 0.211. The first kappa shape index (κ1) is 16.9. The minimum Gasteiger partial charge on any atom is -0.496 e. The third kappa shape index (κ3) is 3.74. The van der Waals surface area contributed by atoms with E-state index in [0.29, 0.717) is 13.1 Å². The van der Waals surface area contributed by atoms with Gasteiger partial charge in [0.25, 0.3) is 0 Å². The second-order valence-electron chi connectivity index (χ2n) is 5.77. The standard InChI is InChI=1S/C19H18BrFN2O/c1-23(11-14-8-16(20)5-6-18(14)24-2)12-15-10-17(21)9-13-4-3-7-22-19(13)15/h3-10H,11-12H2,1-2H3. The molecule has 124 valence electrons. The Morgan fingerprint density at radius 2 is 1.92 bits per heavy atom. The van der Waals surface area contributed by atoms with Gasteiger partial charge in [-0.2, -0.15) is 0 Å². The van der Waals surface area contributed by atoms with Crippen molar-refractivity contribution in [3.8, 4) is 5.75 Å². The summed E-state index contributed by atoms with van der Waals surface area (Å²) in [7, 11) is 3.66. The van der Waals surface area contributed by atoms with Gasteiger partial charge in [0.2, 0.25) is 0 Å². The number of pyridine rings is 1. The molecule has 0 radical (unpaired) electrons. The van der Waals surface area contributed by atoms with Crippen LogP contribution in [0.2, 0.25) is 0 Å². The van der Waals surface area contributed by atoms with Gasteiger partial charge in [0.15, 0.2) is 0 Å². The lowest BCUT2D eigenvalue weighted by Gasteiger charge is -2.19. The first-order chi connectivity index (χ1) is 11.6. The normalized spacial score (nSPS) is 11.2. The molecule has 0 atom stereocenters. The van der Waals surface area contributed by atoms with Gasteiger partial charge in [-0.05, 0) is 49.0 Å². The largest absolute Gasteiger partial charge is 0.496 e. The van der Waals surface area contributed by atoms with E-state index < -0.39 is 0 Å². The number of benzene rings is 2. The third-order valence-electron chi connectivity index (χ3n) is 3.87. The first-order valence-electron chi connectivity index (χ1n) is 7.61. The quantitative estimate of drug-likeness (QED) is 0.628. The number of hydrogen-bond acceptors (Lipinski definition) is 3. The van der Waals surface area contributed by atoms with Crippen LogP contribution >= 0.6 is 15.9 Å². The van der Waals surface area contributed by atoms with Crippen molar-refractivity contribution in [3.05, 3.63) is 70.1 Å². The molecule has 1 heterocycles. The van der Waals surface area contributed by atoms with E-state index in [9.17, 15) is 4.39 Å². The van der Waals surface area contributed by atoms with E-state index in [2.05, 4.69) is 25.8 Å². The van der Waals surface area contributed by atoms with Crippen LogP contribution in [0.3, 0.4) is 0 Å². The molecule has 0 fully saturated rings. The fourth-order valence-electron chi connectivity index (χ4n) is 2.86. The zero-order valence-electron chi connectivity index (χ0n) is 13.6. The van der Waals surface area contributed by atoms with E-state index in [4.69, 9.17) is 4.74 Å². The Hall–Kier alpha value is -1.98. The van der Waals surface area contributed by atoms with Crippen LogP contribution in [0.5, 0.6) is 5.75 Å². The maximum atomic E-state index is 13.9. The Labute approximate surface area is 149 Å². The van der Waals surface area contributed by atoms with Gasteiger partial charge < -0.3 is 4.74 Å². The summed E-state index contributed by atoms with van der Waals surface area (Å²) in [5, 5.41) is 0.820. The summed E-state index contributed by atoms with van der Waals surface area (Å²) in [6, 6.07) is 12.7. The molecule has 0 aliphatic carbocycles. The number of halogens is 2. The molecule has 0 N–H and O–H groups in total. The van der Waals surface area contributed by atoms with Crippen LogP contribution in [0.25, 0.3) is 10.9 Å². The molecule has 0 aliphatic heterocycles. The minimum absolute atomic E-state index is 0.237. The van der Waals surface area contributed by atoms with Gasteiger partial charge in [0, 0.05) is 34.7 Å². The van der Waals surface area contributed by atoms with Crippen LogP contribution in [-0.4, -0.2) is 24.0 Å². The topological polar surface area (TPSA) is 25.4 Å². The summed E-state index contributed by atoms with van der Waals surface area (Å²) >= 11 is 3.49. The Bertz CT molecular complexity index is 869. The van der Waals surface area contributed by atoms with E-state index >= 15 is 0 Å². The van der Waals surface area contributed by atoms with E-state index in [1.165, 1.54) is 6.07 Å². The van der Waals surface area contributed by atoms with Gasteiger partial charge in [-0.3, -0.25) is 9.88 Å². The minimum atomic E-state index is -0.237. The fourth-order valence-corrected chi connectivity index (χ4v) is 3.26. The predicted molar refractivity (Wildman–Crippen MR) is 97.6 cm³/mol. The monoisotopic (exact) mass is 388 g/mol. The van der Waals surface area contributed by atoms with Gasteiger partial charge >= 0.3 is 0 Å². The molecule has 0 spiro atoms. The molecule has 5 heteroatoms. The first-order valence-corrected chi connectivity index (χ1v) is 8.40. The molecule has 3 aromatic rings. The zero-order chi connectivity index (χ0) is 17.1. The number of rotatable bonds is 5. The van der Waals surface area contributed by atoms with E-state index in [-0.39, 0.29) is 5.82 Å². The summed E-state index contributed by atoms with van der Waals surface area (Å²) in [6.07, 6.45) is 1.74. The Morgan fingerprint density at radius 1 is 1.12 bits per heavy atom. The molecule has 1 aromatic heterocycles. The van der Waals surface area contributed by atoms with Gasteiger partial charge in [0.1, 0.15) is 11.6 Å². The highest BCUT2D eigenvalue weighted by Gasteiger charge is 2.11. The molecular weight excluding hydrogens is 371 g/mol. The third-order valence-corrected chi connectivity index (χ3v) is 4.36. The van der Waals surface area contributed by atoms with Gasteiger partial charge in [0.05, 0.1) is 12.6 Å². The molecule has 0 bridgehead atoms. The van der Waals surface area contributed by atoms with Crippen molar-refractivity contribution in [3.63, 3.8) is 0 Å². The number of methoxy groups -OCH3 is 1. The smallest absolute Gasteiger partial charge is 0.124 e. The van der Waals surface area contributed by atoms with Gasteiger partial charge in [-0.15, -0.1) is 0 Å². The Morgan fingerprint density at radius 3 is 2.71 bits per heavy atom. The molecular formula is C19H18BrFN2O. The highest BCUT2D eigenvalue weighted by molar-refractivity contribution is 9.10. The van der Waals surface area contributed by atoms with Gasteiger partial charge in [-0.25, -0.2) is 4.39 Å². The Kier molecular flexibility index (Phi) is 5.11. The lowest BCUT2D eigenvalue weighted by molar-refractivity contribution is 0.310. The van der Waals surface area contributed by atoms with Crippen molar-refractivity contribution in [1.82, 2.24) is 9.88 Å². The predicted octanol–water partition coefficient (Wildman–Crippen LogP) is 4.78. The van der Waals surface area contributed by atoms with Crippen LogP contribution in [-0.2, 0) is 13.1 Å². The SMILES string of the molecule is COc1ccc(Br)cc1CN(C)Cc1cc(F)cc2cccnc12. The average Bonchev–Trinajstić information content (AvgIpc) is 2.55. The molecule has 0 aliphatic rings. The summed E-state index contributed by atoms with van der Waals surface area (Å²) in [6.45, 7) is 1.29. The molecule has 3 nitrogen and oxygen atoms in total. The van der Waals surface area contributed by atoms with Crippen molar-refractivity contribution in [2.75, 3.05) is 14.2 Å². The number of fused-ring (bicyclic) bond motifs is 1. The van der Waals surface area contributed by atoms with Crippen molar-refractivity contribution in [2.24, 2.45) is 0 Å². The summed E-state index contributed by atoms with van der Waals surface area (Å²) in [5.41, 5.74) is 2.79. The van der Waals surface area contributed by atoms with Crippen LogP contribution in [0, 0.1) is 5.82 Å². The van der Waals surface area contributed by atoms with Crippen molar-refractivity contribution in [1.29, 1.82) is 0 Å². The maximum Gasteiger partial charge on any atom is 0.124 e. The van der Waals surface area contributed by atoms with Crippen LogP contribution in [0.15, 0.2) is 53.1 Å². The average molecular weight is 389 g/mol. The van der Waals surface area contributed by atoms with Crippen LogP contribution < -0.4 is 4.74 Å². The summed E-state index contributed by atoms with van der Waals surface area (Å²) in [5.74, 6) is 0.603. The number of aromatic nitrogens is 1. The maximum absolute atomic E-state index is 13.9. The lowest BCUT2D eigenvalue weighted by Crippen LogP contribution is -2.18. The molecule has 0 unspecified atom stereocenters. The van der Waals surface area contributed by atoms with Crippen LogP contribution in [0.4, 0.5) is 4.39 Å². The molecule has 3 rings (SSSR count). The Balaban J connectivity index is 1.86. The molecule has 0 amide bonds. The molecule has 0 saturated heterocycles. The van der Waals surface area contributed by atoms with E-state index in [1.54, 1.807) is 19.4 Å². The summed E-state index contributed by atoms with van der Waals surface area (Å²) in [4.78, 5) is 6.52. The van der Waals surface area contributed by atoms with E-state index in [1.807, 2.05) is 37.4 Å². The number of hydrogen-bond donors (Lipinski definition) is 0. The van der Waals surface area contributed by atoms with Crippen LogP contribution in [0.1, 0.15) is 11.1 Å². The number of nitrogens with zero attached hydrogens (tertiary/aromatic N) is 2. The molecule has 0 saturated carbocycles. The zero-order valence-corrected chi connectivity index (χ0v) is 15.2.